The molecule has 150 valence electrons. The number of aromatic nitrogens is 4. The molecule has 0 saturated carbocycles. The van der Waals surface area contributed by atoms with Gasteiger partial charge < -0.3 is 5.32 Å². The minimum atomic E-state index is -0.171. The second kappa shape index (κ2) is 8.75. The van der Waals surface area contributed by atoms with Crippen LogP contribution in [0.1, 0.15) is 34.0 Å². The molecule has 0 atom stereocenters. The van der Waals surface area contributed by atoms with Crippen LogP contribution >= 0.6 is 23.4 Å². The van der Waals surface area contributed by atoms with Crippen LogP contribution in [0.15, 0.2) is 35.5 Å². The van der Waals surface area contributed by atoms with Crippen LogP contribution < -0.4 is 5.32 Å². The summed E-state index contributed by atoms with van der Waals surface area (Å²) < 4.78 is 1.56. The van der Waals surface area contributed by atoms with Crippen LogP contribution in [-0.2, 0) is 4.79 Å². The maximum atomic E-state index is 13.0. The number of thioether (sulfide) groups is 1. The second-order valence-electron chi connectivity index (χ2n) is 6.63. The Kier molecular flexibility index (Phi) is 6.34. The molecule has 0 bridgehead atoms. The first kappa shape index (κ1) is 21.0. The Labute approximate surface area is 177 Å². The molecule has 1 amide bonds. The molecule has 0 radical (unpaired) electrons. The first-order valence-corrected chi connectivity index (χ1v) is 10.2. The molecule has 3 rings (SSSR count). The molecule has 0 unspecified atom stereocenters. The number of carbonyl (C=O) groups is 2. The third-order valence-electron chi connectivity index (χ3n) is 4.40. The van der Waals surface area contributed by atoms with Crippen molar-refractivity contribution in [2.24, 2.45) is 0 Å². The number of aryl methyl sites for hydroxylation is 2. The molecule has 0 spiro atoms. The van der Waals surface area contributed by atoms with E-state index in [-0.39, 0.29) is 17.4 Å². The van der Waals surface area contributed by atoms with Gasteiger partial charge in [0.2, 0.25) is 11.1 Å². The molecule has 29 heavy (non-hydrogen) atoms. The van der Waals surface area contributed by atoms with Crippen LogP contribution in [0.5, 0.6) is 0 Å². The molecule has 9 heteroatoms. The first-order chi connectivity index (χ1) is 13.8. The van der Waals surface area contributed by atoms with E-state index >= 15 is 0 Å². The number of Topliss-reactive ketones (excluding diaryl/α,β-unsaturated/α-hetero) is 1. The molecule has 0 aliphatic carbocycles. The summed E-state index contributed by atoms with van der Waals surface area (Å²) in [6.45, 7) is 7.11. The van der Waals surface area contributed by atoms with Crippen molar-refractivity contribution in [3.05, 3.63) is 57.6 Å². The van der Waals surface area contributed by atoms with E-state index in [1.54, 1.807) is 28.9 Å². The lowest BCUT2D eigenvalue weighted by molar-refractivity contribution is -0.114. The quantitative estimate of drug-likeness (QED) is 0.467. The average molecular weight is 430 g/mol. The Balaban J connectivity index is 1.83. The van der Waals surface area contributed by atoms with Crippen LogP contribution in [-0.4, -0.2) is 37.7 Å². The van der Waals surface area contributed by atoms with Gasteiger partial charge >= 0.3 is 0 Å². The van der Waals surface area contributed by atoms with Gasteiger partial charge in [-0.1, -0.05) is 29.4 Å². The molecule has 2 aromatic carbocycles. The fourth-order valence-corrected chi connectivity index (χ4v) is 4.09. The van der Waals surface area contributed by atoms with Crippen LogP contribution in [0.3, 0.4) is 0 Å². The van der Waals surface area contributed by atoms with Gasteiger partial charge in [-0.3, -0.25) is 9.59 Å². The van der Waals surface area contributed by atoms with Gasteiger partial charge in [0.15, 0.2) is 5.78 Å². The van der Waals surface area contributed by atoms with E-state index in [9.17, 15) is 9.59 Å². The second-order valence-corrected chi connectivity index (χ2v) is 8.01. The lowest BCUT2D eigenvalue weighted by Gasteiger charge is -2.16. The SMILES string of the molecule is CC(=O)Nc1c(C)cc(C)c(C(=O)CSc2nnnn2-c2ccc(Cl)cc2)c1C. The van der Waals surface area contributed by atoms with Gasteiger partial charge in [-0.25, -0.2) is 0 Å². The summed E-state index contributed by atoms with van der Waals surface area (Å²) in [5.74, 6) is -0.0599. The summed E-state index contributed by atoms with van der Waals surface area (Å²) >= 11 is 7.19. The molecular weight excluding hydrogens is 410 g/mol. The smallest absolute Gasteiger partial charge is 0.221 e. The highest BCUT2D eigenvalue weighted by Crippen LogP contribution is 2.29. The van der Waals surface area contributed by atoms with Crippen molar-refractivity contribution >= 4 is 40.7 Å². The highest BCUT2D eigenvalue weighted by molar-refractivity contribution is 7.99. The minimum Gasteiger partial charge on any atom is -0.326 e. The number of hydrogen-bond acceptors (Lipinski definition) is 6. The Bertz CT molecular complexity index is 1080. The minimum absolute atomic E-state index is 0.0535. The number of ketones is 1. The number of halogens is 1. The molecule has 0 saturated heterocycles. The van der Waals surface area contributed by atoms with Gasteiger partial charge in [-0.05, 0) is 72.2 Å². The van der Waals surface area contributed by atoms with E-state index in [1.165, 1.54) is 18.7 Å². The fourth-order valence-electron chi connectivity index (χ4n) is 3.20. The van der Waals surface area contributed by atoms with Crippen molar-refractivity contribution in [1.29, 1.82) is 0 Å². The van der Waals surface area contributed by atoms with Gasteiger partial charge in [-0.15, -0.1) is 5.10 Å². The summed E-state index contributed by atoms with van der Waals surface area (Å²) in [5.41, 5.74) is 4.61. The third-order valence-corrected chi connectivity index (χ3v) is 5.57. The number of carbonyl (C=O) groups excluding carboxylic acids is 2. The van der Waals surface area contributed by atoms with Crippen LogP contribution in [0.25, 0.3) is 5.69 Å². The van der Waals surface area contributed by atoms with Gasteiger partial charge in [-0.2, -0.15) is 4.68 Å². The predicted octanol–water partition coefficient (Wildman–Crippen LogP) is 4.17. The average Bonchev–Trinajstić information content (AvgIpc) is 3.12. The zero-order valence-corrected chi connectivity index (χ0v) is 18.1. The van der Waals surface area contributed by atoms with Crippen molar-refractivity contribution < 1.29 is 9.59 Å². The molecular formula is C20H20ClN5O2S. The van der Waals surface area contributed by atoms with Crippen LogP contribution in [0, 0.1) is 20.8 Å². The number of benzene rings is 2. The number of hydrogen-bond donors (Lipinski definition) is 1. The summed E-state index contributed by atoms with van der Waals surface area (Å²) in [6, 6.07) is 9.02. The van der Waals surface area contributed by atoms with Crippen LogP contribution in [0.4, 0.5) is 5.69 Å². The van der Waals surface area contributed by atoms with E-state index in [2.05, 4.69) is 20.8 Å². The lowest BCUT2D eigenvalue weighted by Crippen LogP contribution is -2.14. The number of amides is 1. The topological polar surface area (TPSA) is 89.8 Å². The summed E-state index contributed by atoms with van der Waals surface area (Å²) in [6.07, 6.45) is 0. The predicted molar refractivity (Wildman–Crippen MR) is 114 cm³/mol. The highest BCUT2D eigenvalue weighted by Gasteiger charge is 2.19. The Morgan fingerprint density at radius 2 is 1.83 bits per heavy atom. The van der Waals surface area contributed by atoms with Gasteiger partial charge in [0.1, 0.15) is 0 Å². The Hall–Kier alpha value is -2.71. The monoisotopic (exact) mass is 429 g/mol. The third kappa shape index (κ3) is 4.65. The van der Waals surface area contributed by atoms with Crippen LogP contribution in [0.2, 0.25) is 5.02 Å². The van der Waals surface area contributed by atoms with E-state index in [0.717, 1.165) is 22.4 Å². The highest BCUT2D eigenvalue weighted by atomic mass is 35.5. The van der Waals surface area contributed by atoms with Gasteiger partial charge in [0.25, 0.3) is 0 Å². The van der Waals surface area contributed by atoms with E-state index in [0.29, 0.717) is 21.4 Å². The first-order valence-electron chi connectivity index (χ1n) is 8.86. The molecule has 0 aliphatic heterocycles. The molecule has 0 fully saturated rings. The number of tetrazole rings is 1. The zero-order chi connectivity index (χ0) is 21.1. The number of anilines is 1. The maximum absolute atomic E-state index is 13.0. The van der Waals surface area contributed by atoms with Gasteiger partial charge in [0.05, 0.1) is 11.4 Å². The molecule has 7 nitrogen and oxygen atoms in total. The normalized spacial score (nSPS) is 10.8. The number of rotatable bonds is 6. The molecule has 1 heterocycles. The largest absolute Gasteiger partial charge is 0.326 e. The number of nitrogens with zero attached hydrogens (tertiary/aromatic N) is 4. The lowest BCUT2D eigenvalue weighted by atomic mass is 9.95. The Morgan fingerprint density at radius 3 is 2.48 bits per heavy atom. The zero-order valence-electron chi connectivity index (χ0n) is 16.5. The van der Waals surface area contributed by atoms with Crippen molar-refractivity contribution in [1.82, 2.24) is 20.2 Å². The van der Waals surface area contributed by atoms with E-state index in [1.807, 2.05) is 26.8 Å². The summed E-state index contributed by atoms with van der Waals surface area (Å²) in [4.78, 5) is 24.5. The Morgan fingerprint density at radius 1 is 1.14 bits per heavy atom. The van der Waals surface area contributed by atoms with Crippen molar-refractivity contribution in [2.75, 3.05) is 11.1 Å². The van der Waals surface area contributed by atoms with Gasteiger partial charge in [0, 0.05) is 23.2 Å². The molecule has 1 N–H and O–H groups in total. The van der Waals surface area contributed by atoms with E-state index < -0.39 is 0 Å². The molecule has 3 aromatic rings. The number of nitrogens with one attached hydrogen (secondary N) is 1. The standard InChI is InChI=1S/C20H20ClN5O2S/c1-11-9-12(2)19(22-14(4)27)13(3)18(11)17(28)10-29-20-23-24-25-26(20)16-7-5-15(21)6-8-16/h5-9H,10H2,1-4H3,(H,22,27). The summed E-state index contributed by atoms with van der Waals surface area (Å²) in [7, 11) is 0. The van der Waals surface area contributed by atoms with Crippen molar-refractivity contribution in [3.63, 3.8) is 0 Å². The summed E-state index contributed by atoms with van der Waals surface area (Å²) in [5, 5.41) is 15.7. The van der Waals surface area contributed by atoms with Crippen molar-refractivity contribution in [3.8, 4) is 5.69 Å². The molecule has 1 aromatic heterocycles. The maximum Gasteiger partial charge on any atom is 0.221 e. The molecule has 0 aliphatic rings. The fraction of sp³-hybridized carbons (Fsp3) is 0.250. The van der Waals surface area contributed by atoms with Crippen molar-refractivity contribution in [2.45, 2.75) is 32.9 Å². The van der Waals surface area contributed by atoms with E-state index in [4.69, 9.17) is 11.6 Å².